The molecule has 0 radical (unpaired) electrons. The normalized spacial score (nSPS) is 30.2. The lowest BCUT2D eigenvalue weighted by molar-refractivity contribution is -0.146. The van der Waals surface area contributed by atoms with E-state index in [1.165, 1.54) is 0 Å². The van der Waals surface area contributed by atoms with Crippen LogP contribution < -0.4 is 0 Å². The van der Waals surface area contributed by atoms with Crippen molar-refractivity contribution in [2.45, 2.75) is 32.5 Å². The van der Waals surface area contributed by atoms with Gasteiger partial charge >= 0.3 is 5.97 Å². The zero-order valence-corrected chi connectivity index (χ0v) is 7.36. The van der Waals surface area contributed by atoms with Crippen LogP contribution in [-0.2, 0) is 9.53 Å². The number of carbonyl (C=O) groups is 1. The van der Waals surface area contributed by atoms with Crippen LogP contribution in [0.15, 0.2) is 12.2 Å². The molecule has 12 heavy (non-hydrogen) atoms. The van der Waals surface area contributed by atoms with Crippen LogP contribution in [-0.4, -0.2) is 23.3 Å². The molecule has 1 N–H and O–H groups in total. The molecule has 0 aliphatic carbocycles. The van der Waals surface area contributed by atoms with Crippen molar-refractivity contribution < 1.29 is 14.6 Å². The topological polar surface area (TPSA) is 46.5 Å². The number of aliphatic hydroxyl groups is 1. The minimum atomic E-state index is -0.924. The molecule has 0 aromatic carbocycles. The van der Waals surface area contributed by atoms with Crippen LogP contribution in [0.3, 0.4) is 0 Å². The van der Waals surface area contributed by atoms with E-state index in [1.807, 2.05) is 26.0 Å². The van der Waals surface area contributed by atoms with E-state index in [1.54, 1.807) is 0 Å². The minimum Gasteiger partial charge on any atom is -0.456 e. The maximum atomic E-state index is 10.7. The van der Waals surface area contributed by atoms with Crippen LogP contribution in [0.2, 0.25) is 0 Å². The van der Waals surface area contributed by atoms with E-state index in [0.717, 1.165) is 0 Å². The van der Waals surface area contributed by atoms with Crippen LogP contribution in [0.4, 0.5) is 0 Å². The van der Waals surface area contributed by atoms with Gasteiger partial charge in [0.15, 0.2) is 6.10 Å². The Morgan fingerprint density at radius 1 is 1.67 bits per heavy atom. The highest BCUT2D eigenvalue weighted by atomic mass is 16.6. The number of ether oxygens (including phenoxy) is 1. The second-order valence-corrected chi connectivity index (χ2v) is 3.36. The van der Waals surface area contributed by atoms with E-state index in [0.29, 0.717) is 12.3 Å². The van der Waals surface area contributed by atoms with Crippen LogP contribution >= 0.6 is 0 Å². The van der Waals surface area contributed by atoms with Gasteiger partial charge in [-0.15, -0.1) is 0 Å². The summed E-state index contributed by atoms with van der Waals surface area (Å²) in [7, 11) is 0. The van der Waals surface area contributed by atoms with Gasteiger partial charge in [0.05, 0.1) is 0 Å². The molecule has 0 amide bonds. The molecule has 1 aliphatic rings. The highest BCUT2D eigenvalue weighted by Gasteiger charge is 2.30. The van der Waals surface area contributed by atoms with Crippen molar-refractivity contribution in [1.82, 2.24) is 0 Å². The number of allylic oxidation sites excluding steroid dienone is 1. The van der Waals surface area contributed by atoms with Gasteiger partial charge in [-0.25, -0.2) is 4.79 Å². The molecule has 0 aromatic heterocycles. The average molecular weight is 170 g/mol. The molecule has 0 saturated carbocycles. The lowest BCUT2D eigenvalue weighted by Gasteiger charge is -2.01. The smallest absolute Gasteiger partial charge is 0.335 e. The Balaban J connectivity index is 2.42. The summed E-state index contributed by atoms with van der Waals surface area (Å²) in [6.07, 6.45) is 3.04. The third kappa shape index (κ3) is 2.34. The molecule has 68 valence electrons. The maximum Gasteiger partial charge on any atom is 0.335 e. The molecule has 0 bridgehead atoms. The summed E-state index contributed by atoms with van der Waals surface area (Å²) >= 11 is 0. The van der Waals surface area contributed by atoms with Crippen molar-refractivity contribution in [1.29, 1.82) is 0 Å². The quantitative estimate of drug-likeness (QED) is 0.494. The van der Waals surface area contributed by atoms with E-state index in [2.05, 4.69) is 0 Å². The number of carbonyl (C=O) groups excluding carboxylic acids is 1. The van der Waals surface area contributed by atoms with Crippen molar-refractivity contribution in [3.05, 3.63) is 12.2 Å². The first-order valence-electron chi connectivity index (χ1n) is 4.16. The molecule has 0 spiro atoms. The first kappa shape index (κ1) is 9.26. The molecule has 0 aromatic rings. The van der Waals surface area contributed by atoms with E-state index in [4.69, 9.17) is 9.84 Å². The van der Waals surface area contributed by atoms with Crippen molar-refractivity contribution in [2.24, 2.45) is 5.92 Å². The van der Waals surface area contributed by atoms with Gasteiger partial charge in [0.2, 0.25) is 0 Å². The van der Waals surface area contributed by atoms with Crippen molar-refractivity contribution in [3.8, 4) is 0 Å². The van der Waals surface area contributed by atoms with Gasteiger partial charge in [0.25, 0.3) is 0 Å². The van der Waals surface area contributed by atoms with E-state index in [-0.39, 0.29) is 6.10 Å². The van der Waals surface area contributed by atoms with Gasteiger partial charge in [-0.2, -0.15) is 0 Å². The number of hydrogen-bond acceptors (Lipinski definition) is 3. The van der Waals surface area contributed by atoms with Gasteiger partial charge < -0.3 is 9.84 Å². The van der Waals surface area contributed by atoms with E-state index < -0.39 is 12.1 Å². The fraction of sp³-hybridized carbons (Fsp3) is 0.667. The van der Waals surface area contributed by atoms with Crippen LogP contribution in [0.5, 0.6) is 0 Å². The Bertz CT molecular complexity index is 196. The molecule has 3 heteroatoms. The van der Waals surface area contributed by atoms with E-state index in [9.17, 15) is 4.79 Å². The number of esters is 1. The maximum absolute atomic E-state index is 10.7. The largest absolute Gasteiger partial charge is 0.456 e. The van der Waals surface area contributed by atoms with Gasteiger partial charge in [-0.05, 0) is 12.0 Å². The molecule has 1 saturated heterocycles. The van der Waals surface area contributed by atoms with Gasteiger partial charge in [0, 0.05) is 6.42 Å². The van der Waals surface area contributed by atoms with Crippen LogP contribution in [0, 0.1) is 5.92 Å². The van der Waals surface area contributed by atoms with E-state index >= 15 is 0 Å². The first-order chi connectivity index (χ1) is 5.59. The third-order valence-electron chi connectivity index (χ3n) is 1.71. The second kappa shape index (κ2) is 3.72. The summed E-state index contributed by atoms with van der Waals surface area (Å²) in [5.74, 6) is -0.0603. The summed E-state index contributed by atoms with van der Waals surface area (Å²) < 4.78 is 4.85. The highest BCUT2D eigenvalue weighted by molar-refractivity contribution is 5.76. The molecule has 1 rings (SSSR count). The van der Waals surface area contributed by atoms with Gasteiger partial charge in [-0.1, -0.05) is 19.9 Å². The Hall–Kier alpha value is -0.830. The summed E-state index contributed by atoms with van der Waals surface area (Å²) in [6.45, 7) is 4.09. The predicted octanol–water partition coefficient (Wildman–Crippen LogP) is 0.875. The summed E-state index contributed by atoms with van der Waals surface area (Å²) in [5.41, 5.74) is 0. The predicted molar refractivity (Wildman–Crippen MR) is 44.5 cm³/mol. The minimum absolute atomic E-state index is 0.227. The molecular weight excluding hydrogens is 156 g/mol. The molecule has 1 fully saturated rings. The Morgan fingerprint density at radius 2 is 2.33 bits per heavy atom. The SMILES string of the molecule is CC(C)/C=C/C1CC(O)C(=O)O1. The molecular formula is C9H14O3. The number of hydrogen-bond donors (Lipinski definition) is 1. The van der Waals surface area contributed by atoms with Gasteiger partial charge in [0.1, 0.15) is 6.10 Å². The Kier molecular flexibility index (Phi) is 2.87. The van der Waals surface area contributed by atoms with Crippen LogP contribution in [0.25, 0.3) is 0 Å². The molecule has 1 heterocycles. The van der Waals surface area contributed by atoms with Crippen molar-refractivity contribution >= 4 is 5.97 Å². The molecule has 2 unspecified atom stereocenters. The monoisotopic (exact) mass is 170 g/mol. The summed E-state index contributed by atoms with van der Waals surface area (Å²) in [4.78, 5) is 10.7. The number of aliphatic hydroxyl groups excluding tert-OH is 1. The molecule has 1 aliphatic heterocycles. The fourth-order valence-electron chi connectivity index (χ4n) is 1.06. The first-order valence-corrected chi connectivity index (χ1v) is 4.16. The molecule has 3 nitrogen and oxygen atoms in total. The summed E-state index contributed by atoms with van der Waals surface area (Å²) in [5, 5.41) is 9.02. The van der Waals surface area contributed by atoms with Gasteiger partial charge in [-0.3, -0.25) is 0 Å². The zero-order valence-electron chi connectivity index (χ0n) is 7.36. The second-order valence-electron chi connectivity index (χ2n) is 3.36. The van der Waals surface area contributed by atoms with Crippen LogP contribution in [0.1, 0.15) is 20.3 Å². The highest BCUT2D eigenvalue weighted by Crippen LogP contribution is 2.16. The number of rotatable bonds is 2. The molecule has 2 atom stereocenters. The summed E-state index contributed by atoms with van der Waals surface area (Å²) in [6, 6.07) is 0. The third-order valence-corrected chi connectivity index (χ3v) is 1.71. The lowest BCUT2D eigenvalue weighted by atomic mass is 10.1. The Morgan fingerprint density at radius 3 is 2.75 bits per heavy atom. The average Bonchev–Trinajstić information content (AvgIpc) is 2.28. The fourth-order valence-corrected chi connectivity index (χ4v) is 1.06. The standard InChI is InChI=1S/C9H14O3/c1-6(2)3-4-7-5-8(10)9(11)12-7/h3-4,6-8,10H,5H2,1-2H3/b4-3+. The lowest BCUT2D eigenvalue weighted by Crippen LogP contribution is -2.11. The van der Waals surface area contributed by atoms with Crippen molar-refractivity contribution in [3.63, 3.8) is 0 Å². The number of cyclic esters (lactones) is 1. The zero-order chi connectivity index (χ0) is 9.14. The van der Waals surface area contributed by atoms with Crippen molar-refractivity contribution in [2.75, 3.05) is 0 Å². The Labute approximate surface area is 72.0 Å².